The Hall–Kier alpha value is -0.120. The van der Waals surface area contributed by atoms with Crippen LogP contribution in [0.25, 0.3) is 0 Å². The molecular weight excluding hydrogens is 212 g/mol. The molecule has 3 atom stereocenters. The molecule has 1 aliphatic heterocycles. The molecule has 3 nitrogen and oxygen atoms in total. The second kappa shape index (κ2) is 7.34. The molecule has 102 valence electrons. The van der Waals surface area contributed by atoms with Crippen molar-refractivity contribution in [1.82, 2.24) is 10.2 Å². The van der Waals surface area contributed by atoms with E-state index in [1.807, 2.05) is 0 Å². The largest absolute Gasteiger partial charge is 0.373 e. The maximum Gasteiger partial charge on any atom is 0.0678 e. The summed E-state index contributed by atoms with van der Waals surface area (Å²) < 4.78 is 5.81. The monoisotopic (exact) mass is 242 g/mol. The van der Waals surface area contributed by atoms with Gasteiger partial charge in [-0.25, -0.2) is 0 Å². The molecule has 3 heteroatoms. The topological polar surface area (TPSA) is 24.5 Å². The van der Waals surface area contributed by atoms with Gasteiger partial charge in [-0.05, 0) is 32.7 Å². The van der Waals surface area contributed by atoms with E-state index in [4.69, 9.17) is 4.74 Å². The molecule has 0 spiro atoms. The molecule has 0 aliphatic carbocycles. The van der Waals surface area contributed by atoms with Gasteiger partial charge in [0.1, 0.15) is 0 Å². The van der Waals surface area contributed by atoms with Gasteiger partial charge in [0.15, 0.2) is 0 Å². The normalized spacial score (nSPS) is 28.6. The van der Waals surface area contributed by atoms with Crippen molar-refractivity contribution in [1.29, 1.82) is 0 Å². The molecule has 0 bridgehead atoms. The molecule has 1 rings (SSSR count). The van der Waals surface area contributed by atoms with Crippen LogP contribution in [0.3, 0.4) is 0 Å². The van der Waals surface area contributed by atoms with Crippen molar-refractivity contribution in [3.63, 3.8) is 0 Å². The Kier molecular flexibility index (Phi) is 6.45. The first kappa shape index (κ1) is 14.9. The van der Waals surface area contributed by atoms with Crippen LogP contribution >= 0.6 is 0 Å². The van der Waals surface area contributed by atoms with Crippen molar-refractivity contribution < 1.29 is 4.74 Å². The van der Waals surface area contributed by atoms with Gasteiger partial charge in [-0.1, -0.05) is 20.8 Å². The van der Waals surface area contributed by atoms with Gasteiger partial charge in [-0.2, -0.15) is 0 Å². The van der Waals surface area contributed by atoms with Crippen molar-refractivity contribution >= 4 is 0 Å². The number of hydrogen-bond acceptors (Lipinski definition) is 3. The number of morpholine rings is 1. The molecule has 0 aromatic heterocycles. The predicted molar refractivity (Wildman–Crippen MR) is 73.4 cm³/mol. The summed E-state index contributed by atoms with van der Waals surface area (Å²) in [5.74, 6) is 0.692. The van der Waals surface area contributed by atoms with Gasteiger partial charge in [0.2, 0.25) is 0 Å². The molecule has 1 fully saturated rings. The van der Waals surface area contributed by atoms with Crippen LogP contribution in [0.15, 0.2) is 0 Å². The SMILES string of the molecule is CCCNCC(C(C)C)N1CC(C)OC(C)C1. The molecule has 17 heavy (non-hydrogen) atoms. The Morgan fingerprint density at radius 1 is 1.24 bits per heavy atom. The van der Waals surface area contributed by atoms with Crippen LogP contribution in [0, 0.1) is 5.92 Å². The van der Waals surface area contributed by atoms with E-state index in [-0.39, 0.29) is 0 Å². The Balaban J connectivity index is 2.50. The highest BCUT2D eigenvalue weighted by Crippen LogP contribution is 2.17. The molecule has 0 saturated carbocycles. The summed E-state index contributed by atoms with van der Waals surface area (Å²) in [5, 5.41) is 3.56. The van der Waals surface area contributed by atoms with Crippen LogP contribution in [-0.4, -0.2) is 49.3 Å². The Morgan fingerprint density at radius 2 is 1.82 bits per heavy atom. The van der Waals surface area contributed by atoms with Crippen molar-refractivity contribution in [2.75, 3.05) is 26.2 Å². The van der Waals surface area contributed by atoms with Crippen LogP contribution in [0.1, 0.15) is 41.0 Å². The average Bonchev–Trinajstić information content (AvgIpc) is 2.22. The zero-order chi connectivity index (χ0) is 12.8. The Labute approximate surface area is 107 Å². The maximum atomic E-state index is 5.81. The number of ether oxygens (including phenoxy) is 1. The maximum absolute atomic E-state index is 5.81. The van der Waals surface area contributed by atoms with Gasteiger partial charge < -0.3 is 10.1 Å². The first-order valence-electron chi connectivity index (χ1n) is 7.14. The lowest BCUT2D eigenvalue weighted by Gasteiger charge is -2.42. The summed E-state index contributed by atoms with van der Waals surface area (Å²) >= 11 is 0. The summed E-state index contributed by atoms with van der Waals surface area (Å²) in [4.78, 5) is 2.60. The van der Waals surface area contributed by atoms with Gasteiger partial charge >= 0.3 is 0 Å². The van der Waals surface area contributed by atoms with Crippen molar-refractivity contribution in [3.05, 3.63) is 0 Å². The fourth-order valence-corrected chi connectivity index (χ4v) is 2.70. The lowest BCUT2D eigenvalue weighted by Crippen LogP contribution is -2.54. The van der Waals surface area contributed by atoms with E-state index in [0.717, 1.165) is 26.2 Å². The highest BCUT2D eigenvalue weighted by molar-refractivity contribution is 4.83. The molecule has 1 N–H and O–H groups in total. The minimum atomic E-state index is 0.367. The minimum absolute atomic E-state index is 0.367. The number of rotatable bonds is 6. The number of nitrogens with one attached hydrogen (secondary N) is 1. The molecule has 1 saturated heterocycles. The van der Waals surface area contributed by atoms with E-state index in [2.05, 4.69) is 44.8 Å². The molecular formula is C14H30N2O. The zero-order valence-corrected chi connectivity index (χ0v) is 12.2. The van der Waals surface area contributed by atoms with E-state index in [0.29, 0.717) is 24.2 Å². The Morgan fingerprint density at radius 3 is 2.29 bits per heavy atom. The van der Waals surface area contributed by atoms with Crippen LogP contribution in [0.4, 0.5) is 0 Å². The first-order valence-corrected chi connectivity index (χ1v) is 7.14. The molecule has 0 amide bonds. The van der Waals surface area contributed by atoms with Crippen LogP contribution in [0.5, 0.6) is 0 Å². The van der Waals surface area contributed by atoms with Crippen molar-refractivity contribution in [2.45, 2.75) is 59.3 Å². The number of nitrogens with zero attached hydrogens (tertiary/aromatic N) is 1. The lowest BCUT2D eigenvalue weighted by molar-refractivity contribution is -0.0850. The average molecular weight is 242 g/mol. The van der Waals surface area contributed by atoms with Crippen molar-refractivity contribution in [2.24, 2.45) is 5.92 Å². The van der Waals surface area contributed by atoms with Crippen molar-refractivity contribution in [3.8, 4) is 0 Å². The molecule has 3 unspecified atom stereocenters. The second-order valence-electron chi connectivity index (χ2n) is 5.73. The summed E-state index contributed by atoms with van der Waals surface area (Å²) in [6, 6.07) is 0.635. The number of hydrogen-bond donors (Lipinski definition) is 1. The Bertz CT molecular complexity index is 198. The third kappa shape index (κ3) is 4.94. The van der Waals surface area contributed by atoms with Gasteiger partial charge in [0.25, 0.3) is 0 Å². The van der Waals surface area contributed by atoms with E-state index in [9.17, 15) is 0 Å². The highest BCUT2D eigenvalue weighted by atomic mass is 16.5. The molecule has 0 aromatic rings. The summed E-state index contributed by atoms with van der Waals surface area (Å²) in [6.07, 6.45) is 1.94. The first-order chi connectivity index (χ1) is 8.04. The highest BCUT2D eigenvalue weighted by Gasteiger charge is 2.29. The van der Waals surface area contributed by atoms with Crippen LogP contribution < -0.4 is 5.32 Å². The summed E-state index contributed by atoms with van der Waals surface area (Å²) in [7, 11) is 0. The molecule has 1 aliphatic rings. The molecule has 0 aromatic carbocycles. The third-order valence-corrected chi connectivity index (χ3v) is 3.47. The van der Waals surface area contributed by atoms with E-state index >= 15 is 0 Å². The predicted octanol–water partition coefficient (Wildman–Crippen LogP) is 2.12. The van der Waals surface area contributed by atoms with E-state index < -0.39 is 0 Å². The fourth-order valence-electron chi connectivity index (χ4n) is 2.70. The van der Waals surface area contributed by atoms with Gasteiger partial charge in [0, 0.05) is 25.7 Å². The summed E-state index contributed by atoms with van der Waals surface area (Å²) in [6.45, 7) is 15.6. The molecule has 0 radical (unpaired) electrons. The van der Waals surface area contributed by atoms with Gasteiger partial charge in [0.05, 0.1) is 12.2 Å². The summed E-state index contributed by atoms with van der Waals surface area (Å²) in [5.41, 5.74) is 0. The third-order valence-electron chi connectivity index (χ3n) is 3.47. The second-order valence-corrected chi connectivity index (χ2v) is 5.73. The van der Waals surface area contributed by atoms with Gasteiger partial charge in [-0.3, -0.25) is 4.90 Å². The zero-order valence-electron chi connectivity index (χ0n) is 12.2. The lowest BCUT2D eigenvalue weighted by atomic mass is 10.0. The van der Waals surface area contributed by atoms with Gasteiger partial charge in [-0.15, -0.1) is 0 Å². The van der Waals surface area contributed by atoms with Crippen LogP contribution in [-0.2, 0) is 4.74 Å². The van der Waals surface area contributed by atoms with E-state index in [1.165, 1.54) is 6.42 Å². The van der Waals surface area contributed by atoms with Crippen LogP contribution in [0.2, 0.25) is 0 Å². The quantitative estimate of drug-likeness (QED) is 0.722. The molecule has 1 heterocycles. The minimum Gasteiger partial charge on any atom is -0.373 e. The standard InChI is InChI=1S/C14H30N2O/c1-6-7-15-8-14(11(2)3)16-9-12(4)17-13(5)10-16/h11-15H,6-10H2,1-5H3. The smallest absolute Gasteiger partial charge is 0.0678 e. The fraction of sp³-hybridized carbons (Fsp3) is 1.00. The van der Waals surface area contributed by atoms with E-state index in [1.54, 1.807) is 0 Å².